The van der Waals surface area contributed by atoms with Gasteiger partial charge in [-0.05, 0) is 35.5 Å². The highest BCUT2D eigenvalue weighted by molar-refractivity contribution is 7.80. The first kappa shape index (κ1) is 19.4. The summed E-state index contributed by atoms with van der Waals surface area (Å²) in [6.45, 7) is 0.220. The van der Waals surface area contributed by atoms with Crippen LogP contribution in [0, 0.1) is 10.1 Å². The molecule has 3 rings (SSSR count). The topological polar surface area (TPSA) is 49.6 Å². The summed E-state index contributed by atoms with van der Waals surface area (Å²) < 4.78 is 14.9. The number of nitro groups is 1. The van der Waals surface area contributed by atoms with Crippen LogP contribution < -0.4 is 4.90 Å². The van der Waals surface area contributed by atoms with Gasteiger partial charge in [0.15, 0.2) is 0 Å². The Morgan fingerprint density at radius 3 is 2.14 bits per heavy atom. The molecule has 0 N–H and O–H groups in total. The maximum atomic E-state index is 14.9. The smallest absolute Gasteiger partial charge is 0.269 e. The van der Waals surface area contributed by atoms with Crippen LogP contribution in [0.25, 0.3) is 0 Å². The maximum Gasteiger partial charge on any atom is 0.269 e. The van der Waals surface area contributed by atoms with Gasteiger partial charge >= 0.3 is 0 Å². The van der Waals surface area contributed by atoms with Crippen LogP contribution in [-0.2, 0) is 13.1 Å². The Morgan fingerprint density at radius 1 is 0.893 bits per heavy atom. The van der Waals surface area contributed by atoms with E-state index in [1.54, 1.807) is 17.0 Å². The minimum absolute atomic E-state index is 0.0118. The van der Waals surface area contributed by atoms with Crippen molar-refractivity contribution >= 4 is 28.7 Å². The first-order valence-corrected chi connectivity index (χ1v) is 9.02. The van der Waals surface area contributed by atoms with Crippen molar-refractivity contribution in [2.75, 3.05) is 4.90 Å². The second-order valence-electron chi connectivity index (χ2n) is 6.14. The highest BCUT2D eigenvalue weighted by Crippen LogP contribution is 2.22. The maximum absolute atomic E-state index is 14.9. The van der Waals surface area contributed by atoms with E-state index in [9.17, 15) is 14.6 Å². The van der Waals surface area contributed by atoms with Gasteiger partial charge in [0.05, 0.1) is 18.0 Å². The summed E-state index contributed by atoms with van der Waals surface area (Å²) in [5.41, 5.74) is 2.14. The normalized spacial score (nSPS) is 10.3. The Balaban J connectivity index is 1.86. The number of non-ortho nitro benzene ring substituents is 1. The monoisotopic (exact) mass is 395 g/mol. The highest BCUT2D eigenvalue weighted by Gasteiger charge is 2.20. The zero-order chi connectivity index (χ0) is 19.9. The molecule has 0 spiro atoms. The zero-order valence-electron chi connectivity index (χ0n) is 14.9. The van der Waals surface area contributed by atoms with E-state index in [0.717, 1.165) is 5.56 Å². The Labute approximate surface area is 167 Å². The molecule has 0 aliphatic rings. The molecule has 0 atom stereocenters. The molecule has 0 aliphatic heterocycles. The number of para-hydroxylation sites is 1. The summed E-state index contributed by atoms with van der Waals surface area (Å²) in [6, 6.07) is 24.6. The molecule has 0 radical (unpaired) electrons. The Morgan fingerprint density at radius 2 is 1.50 bits per heavy atom. The predicted molar refractivity (Wildman–Crippen MR) is 111 cm³/mol. The molecule has 3 aromatic carbocycles. The van der Waals surface area contributed by atoms with Crippen molar-refractivity contribution in [2.45, 2.75) is 13.1 Å². The third-order valence-electron chi connectivity index (χ3n) is 4.13. The number of hydrogen-bond donors (Lipinski definition) is 0. The third kappa shape index (κ3) is 4.89. The summed E-state index contributed by atoms with van der Waals surface area (Å²) >= 11 is 5.41. The number of anilines is 1. The Bertz CT molecular complexity index is 954. The second-order valence-corrected chi connectivity index (χ2v) is 6.50. The fourth-order valence-electron chi connectivity index (χ4n) is 2.77. The van der Waals surface area contributed by atoms with Crippen molar-refractivity contribution in [2.24, 2.45) is 0 Å². The van der Waals surface area contributed by atoms with Crippen molar-refractivity contribution in [3.63, 3.8) is 0 Å². The first-order valence-electron chi connectivity index (χ1n) is 8.62. The standard InChI is InChI=1S/C21H18FN3O2S/c22-24(16-17-8-3-1-4-9-17)21(28)23(19-11-5-2-6-12-19)15-18-10-7-13-20(14-18)25(26)27/h1-14H,15-16H2. The molecule has 0 unspecified atom stereocenters. The number of rotatable bonds is 6. The van der Waals surface area contributed by atoms with Crippen molar-refractivity contribution in [1.82, 2.24) is 5.12 Å². The molecule has 0 bridgehead atoms. The van der Waals surface area contributed by atoms with Gasteiger partial charge in [0.25, 0.3) is 5.69 Å². The summed E-state index contributed by atoms with van der Waals surface area (Å²) in [7, 11) is 0. The molecule has 7 heteroatoms. The van der Waals surface area contributed by atoms with Crippen molar-refractivity contribution in [3.8, 4) is 0 Å². The summed E-state index contributed by atoms with van der Waals surface area (Å²) in [4.78, 5) is 12.2. The van der Waals surface area contributed by atoms with Gasteiger partial charge < -0.3 is 4.90 Å². The van der Waals surface area contributed by atoms with E-state index in [0.29, 0.717) is 16.4 Å². The molecule has 28 heavy (non-hydrogen) atoms. The molecule has 142 valence electrons. The van der Waals surface area contributed by atoms with Crippen LogP contribution in [0.5, 0.6) is 0 Å². The van der Waals surface area contributed by atoms with Gasteiger partial charge in [-0.1, -0.05) is 65.1 Å². The van der Waals surface area contributed by atoms with Gasteiger partial charge in [-0.15, -0.1) is 0 Å². The van der Waals surface area contributed by atoms with E-state index in [1.807, 2.05) is 60.7 Å². The molecule has 5 nitrogen and oxygen atoms in total. The van der Waals surface area contributed by atoms with Crippen LogP contribution in [-0.4, -0.2) is 15.2 Å². The lowest BCUT2D eigenvalue weighted by molar-refractivity contribution is -0.384. The molecule has 0 amide bonds. The quantitative estimate of drug-likeness (QED) is 0.246. The molecular weight excluding hydrogens is 377 g/mol. The Kier molecular flexibility index (Phi) is 6.29. The van der Waals surface area contributed by atoms with E-state index in [-0.39, 0.29) is 23.9 Å². The molecular formula is C21H18FN3O2S. The minimum Gasteiger partial charge on any atom is -0.313 e. The molecule has 0 saturated heterocycles. The minimum atomic E-state index is -0.453. The Hall–Kier alpha value is -3.32. The number of nitro benzene ring substituents is 1. The predicted octanol–water partition coefficient (Wildman–Crippen LogP) is 5.27. The van der Waals surface area contributed by atoms with Crippen LogP contribution in [0.2, 0.25) is 0 Å². The molecule has 0 aliphatic carbocycles. The van der Waals surface area contributed by atoms with E-state index >= 15 is 0 Å². The second kappa shape index (κ2) is 9.05. The van der Waals surface area contributed by atoms with Crippen LogP contribution in [0.15, 0.2) is 84.9 Å². The van der Waals surface area contributed by atoms with Gasteiger partial charge in [-0.25, -0.2) is 0 Å². The number of nitrogens with zero attached hydrogens (tertiary/aromatic N) is 3. The van der Waals surface area contributed by atoms with Gasteiger partial charge in [0, 0.05) is 17.8 Å². The molecule has 3 aromatic rings. The fourth-order valence-corrected chi connectivity index (χ4v) is 3.01. The number of thiocarbonyl (C=S) groups is 1. The van der Waals surface area contributed by atoms with Crippen LogP contribution >= 0.6 is 12.2 Å². The lowest BCUT2D eigenvalue weighted by atomic mass is 10.1. The lowest BCUT2D eigenvalue weighted by Gasteiger charge is -2.28. The zero-order valence-corrected chi connectivity index (χ0v) is 15.8. The SMILES string of the molecule is O=[N+]([O-])c1cccc(CN(C(=S)N(F)Cc2ccccc2)c2ccccc2)c1. The average molecular weight is 395 g/mol. The number of benzene rings is 3. The molecule has 0 saturated carbocycles. The lowest BCUT2D eigenvalue weighted by Crippen LogP contribution is -2.38. The molecule has 0 fully saturated rings. The average Bonchev–Trinajstić information content (AvgIpc) is 2.73. The van der Waals surface area contributed by atoms with Gasteiger partial charge in [0.1, 0.15) is 0 Å². The van der Waals surface area contributed by atoms with Crippen molar-refractivity contribution in [1.29, 1.82) is 0 Å². The van der Waals surface area contributed by atoms with E-state index in [2.05, 4.69) is 0 Å². The van der Waals surface area contributed by atoms with E-state index in [1.165, 1.54) is 12.1 Å². The third-order valence-corrected chi connectivity index (χ3v) is 4.55. The van der Waals surface area contributed by atoms with Crippen molar-refractivity contribution < 1.29 is 9.40 Å². The van der Waals surface area contributed by atoms with Crippen LogP contribution in [0.4, 0.5) is 15.9 Å². The van der Waals surface area contributed by atoms with E-state index < -0.39 is 4.92 Å². The first-order chi connectivity index (χ1) is 13.5. The summed E-state index contributed by atoms with van der Waals surface area (Å²) in [5.74, 6) is 0. The van der Waals surface area contributed by atoms with E-state index in [4.69, 9.17) is 12.2 Å². The van der Waals surface area contributed by atoms with Crippen LogP contribution in [0.3, 0.4) is 0 Å². The van der Waals surface area contributed by atoms with Crippen molar-refractivity contribution in [3.05, 3.63) is 106 Å². The highest BCUT2D eigenvalue weighted by atomic mass is 32.1. The van der Waals surface area contributed by atoms with Gasteiger partial charge in [-0.2, -0.15) is 5.12 Å². The molecule has 0 aromatic heterocycles. The van der Waals surface area contributed by atoms with Gasteiger partial charge in [0.2, 0.25) is 5.11 Å². The van der Waals surface area contributed by atoms with Crippen LogP contribution in [0.1, 0.15) is 11.1 Å². The number of hydrogen-bond acceptors (Lipinski definition) is 3. The number of halogens is 1. The summed E-state index contributed by atoms with van der Waals surface area (Å²) in [5, 5.41) is 11.5. The summed E-state index contributed by atoms with van der Waals surface area (Å²) in [6.07, 6.45) is 0. The largest absolute Gasteiger partial charge is 0.313 e. The molecule has 0 heterocycles. The fraction of sp³-hybridized carbons (Fsp3) is 0.0952. The van der Waals surface area contributed by atoms with Gasteiger partial charge in [-0.3, -0.25) is 10.1 Å².